The van der Waals surface area contributed by atoms with E-state index in [1.54, 1.807) is 6.07 Å². The Morgan fingerprint density at radius 2 is 1.63 bits per heavy atom. The molecular formula is C15H18ClN3. The van der Waals surface area contributed by atoms with Crippen LogP contribution in [-0.4, -0.2) is 9.97 Å². The van der Waals surface area contributed by atoms with E-state index in [9.17, 15) is 0 Å². The van der Waals surface area contributed by atoms with Crippen LogP contribution in [0, 0.1) is 13.8 Å². The van der Waals surface area contributed by atoms with Crippen LogP contribution in [0.5, 0.6) is 0 Å². The van der Waals surface area contributed by atoms with Gasteiger partial charge in [0.1, 0.15) is 16.8 Å². The average Bonchev–Trinajstić information content (AvgIpc) is 2.26. The van der Waals surface area contributed by atoms with Crippen LogP contribution in [-0.2, 0) is 0 Å². The largest absolute Gasteiger partial charge is 0.340 e. The van der Waals surface area contributed by atoms with Crippen molar-refractivity contribution in [3.05, 3.63) is 46.4 Å². The predicted molar refractivity (Wildman–Crippen MR) is 80.3 cm³/mol. The zero-order valence-corrected chi connectivity index (χ0v) is 12.4. The van der Waals surface area contributed by atoms with Gasteiger partial charge in [0.05, 0.1) is 0 Å². The molecule has 0 unspecified atom stereocenters. The number of nitrogens with one attached hydrogen (secondary N) is 1. The summed E-state index contributed by atoms with van der Waals surface area (Å²) in [4.78, 5) is 8.71. The van der Waals surface area contributed by atoms with Gasteiger partial charge in [0.25, 0.3) is 0 Å². The van der Waals surface area contributed by atoms with Crippen LogP contribution in [0.2, 0.25) is 5.15 Å². The van der Waals surface area contributed by atoms with Crippen molar-refractivity contribution in [3.8, 4) is 0 Å². The highest BCUT2D eigenvalue weighted by Crippen LogP contribution is 2.22. The second-order valence-corrected chi connectivity index (χ2v) is 5.48. The van der Waals surface area contributed by atoms with Crippen molar-refractivity contribution >= 4 is 23.1 Å². The van der Waals surface area contributed by atoms with Crippen molar-refractivity contribution in [2.75, 3.05) is 5.32 Å². The van der Waals surface area contributed by atoms with Gasteiger partial charge in [-0.05, 0) is 37.1 Å². The molecule has 0 aliphatic heterocycles. The van der Waals surface area contributed by atoms with E-state index in [1.807, 2.05) is 13.8 Å². The highest BCUT2D eigenvalue weighted by molar-refractivity contribution is 6.29. The van der Waals surface area contributed by atoms with Crippen molar-refractivity contribution in [3.63, 3.8) is 0 Å². The smallest absolute Gasteiger partial charge is 0.135 e. The molecule has 0 fully saturated rings. The second kappa shape index (κ2) is 5.57. The van der Waals surface area contributed by atoms with Crippen molar-refractivity contribution in [2.24, 2.45) is 0 Å². The lowest BCUT2D eigenvalue weighted by Crippen LogP contribution is -2.02. The molecule has 3 nitrogen and oxygen atoms in total. The highest BCUT2D eigenvalue weighted by Gasteiger charge is 2.07. The summed E-state index contributed by atoms with van der Waals surface area (Å²) in [6.45, 7) is 8.24. The molecule has 0 radical (unpaired) electrons. The number of halogens is 1. The number of nitrogens with zero attached hydrogens (tertiary/aromatic N) is 2. The van der Waals surface area contributed by atoms with Crippen molar-refractivity contribution in [1.82, 2.24) is 9.97 Å². The van der Waals surface area contributed by atoms with Gasteiger partial charge in [-0.2, -0.15) is 0 Å². The molecule has 19 heavy (non-hydrogen) atoms. The first-order valence-electron chi connectivity index (χ1n) is 6.34. The lowest BCUT2D eigenvalue weighted by molar-refractivity contribution is 0.776. The van der Waals surface area contributed by atoms with E-state index in [2.05, 4.69) is 47.3 Å². The van der Waals surface area contributed by atoms with Crippen LogP contribution in [0.4, 0.5) is 11.5 Å². The van der Waals surface area contributed by atoms with E-state index in [-0.39, 0.29) is 5.92 Å². The van der Waals surface area contributed by atoms with E-state index >= 15 is 0 Å². The van der Waals surface area contributed by atoms with Gasteiger partial charge in [-0.3, -0.25) is 0 Å². The molecule has 0 aliphatic rings. The summed E-state index contributed by atoms with van der Waals surface area (Å²) < 4.78 is 0. The Kier molecular flexibility index (Phi) is 4.05. The summed E-state index contributed by atoms with van der Waals surface area (Å²) >= 11 is 6.03. The van der Waals surface area contributed by atoms with E-state index in [0.717, 1.165) is 17.3 Å². The lowest BCUT2D eigenvalue weighted by atomic mass is 10.1. The standard InChI is InChI=1S/C15H18ClN3/c1-9(2)15-18-13(16)8-14(19-15)17-12-6-10(3)5-11(4)7-12/h5-9H,1-4H3,(H,17,18,19). The summed E-state index contributed by atoms with van der Waals surface area (Å²) in [7, 11) is 0. The molecule has 1 heterocycles. The van der Waals surface area contributed by atoms with E-state index in [1.165, 1.54) is 11.1 Å². The van der Waals surface area contributed by atoms with Crippen LogP contribution < -0.4 is 5.32 Å². The number of benzene rings is 1. The fraction of sp³-hybridized carbons (Fsp3) is 0.333. The third kappa shape index (κ3) is 3.67. The summed E-state index contributed by atoms with van der Waals surface area (Å²) in [5, 5.41) is 3.75. The summed E-state index contributed by atoms with van der Waals surface area (Å²) in [6.07, 6.45) is 0. The maximum Gasteiger partial charge on any atom is 0.135 e. The average molecular weight is 276 g/mol. The molecule has 0 saturated carbocycles. The summed E-state index contributed by atoms with van der Waals surface area (Å²) in [5.41, 5.74) is 3.44. The van der Waals surface area contributed by atoms with Crippen LogP contribution >= 0.6 is 11.6 Å². The van der Waals surface area contributed by atoms with Gasteiger partial charge in [-0.15, -0.1) is 0 Å². The van der Waals surface area contributed by atoms with E-state index in [0.29, 0.717) is 5.15 Å². The van der Waals surface area contributed by atoms with Crippen molar-refractivity contribution in [2.45, 2.75) is 33.6 Å². The first-order chi connectivity index (χ1) is 8.94. The number of hydrogen-bond donors (Lipinski definition) is 1. The fourth-order valence-electron chi connectivity index (χ4n) is 1.95. The minimum atomic E-state index is 0.249. The number of aromatic nitrogens is 2. The van der Waals surface area contributed by atoms with Gasteiger partial charge < -0.3 is 5.32 Å². The number of anilines is 2. The molecular weight excluding hydrogens is 258 g/mol. The van der Waals surface area contributed by atoms with Crippen LogP contribution in [0.3, 0.4) is 0 Å². The van der Waals surface area contributed by atoms with Gasteiger partial charge in [-0.25, -0.2) is 9.97 Å². The van der Waals surface area contributed by atoms with Gasteiger partial charge >= 0.3 is 0 Å². The number of aryl methyl sites for hydroxylation is 2. The maximum absolute atomic E-state index is 6.03. The zero-order valence-electron chi connectivity index (χ0n) is 11.7. The van der Waals surface area contributed by atoms with Gasteiger partial charge in [0.15, 0.2) is 0 Å². The Balaban J connectivity index is 2.32. The van der Waals surface area contributed by atoms with Crippen LogP contribution in [0.15, 0.2) is 24.3 Å². The second-order valence-electron chi connectivity index (χ2n) is 5.09. The molecule has 0 atom stereocenters. The molecule has 100 valence electrons. The number of hydrogen-bond acceptors (Lipinski definition) is 3. The fourth-order valence-corrected chi connectivity index (χ4v) is 2.14. The number of rotatable bonds is 3. The Bertz CT molecular complexity index is 574. The zero-order chi connectivity index (χ0) is 14.0. The van der Waals surface area contributed by atoms with Gasteiger partial charge in [0.2, 0.25) is 0 Å². The monoisotopic (exact) mass is 275 g/mol. The third-order valence-electron chi connectivity index (χ3n) is 2.72. The lowest BCUT2D eigenvalue weighted by Gasteiger charge is -2.11. The Morgan fingerprint density at radius 3 is 2.21 bits per heavy atom. The first kappa shape index (κ1) is 13.8. The summed E-state index contributed by atoms with van der Waals surface area (Å²) in [5.74, 6) is 1.73. The van der Waals surface area contributed by atoms with E-state index in [4.69, 9.17) is 11.6 Å². The Labute approximate surface area is 119 Å². The van der Waals surface area contributed by atoms with Gasteiger partial charge in [-0.1, -0.05) is 31.5 Å². The Morgan fingerprint density at radius 1 is 1.00 bits per heavy atom. The first-order valence-corrected chi connectivity index (χ1v) is 6.71. The summed E-state index contributed by atoms with van der Waals surface area (Å²) in [6, 6.07) is 8.04. The molecule has 1 aromatic heterocycles. The molecule has 2 rings (SSSR count). The maximum atomic E-state index is 6.03. The normalized spacial score (nSPS) is 10.8. The molecule has 0 saturated heterocycles. The Hall–Kier alpha value is -1.61. The molecule has 1 aromatic carbocycles. The molecule has 4 heteroatoms. The van der Waals surface area contributed by atoms with Crippen molar-refractivity contribution in [1.29, 1.82) is 0 Å². The van der Waals surface area contributed by atoms with E-state index < -0.39 is 0 Å². The predicted octanol–water partition coefficient (Wildman–Crippen LogP) is 4.61. The minimum Gasteiger partial charge on any atom is -0.340 e. The topological polar surface area (TPSA) is 37.8 Å². The van der Waals surface area contributed by atoms with Crippen LogP contribution in [0.25, 0.3) is 0 Å². The molecule has 0 bridgehead atoms. The third-order valence-corrected chi connectivity index (χ3v) is 2.92. The van der Waals surface area contributed by atoms with Crippen molar-refractivity contribution < 1.29 is 0 Å². The highest BCUT2D eigenvalue weighted by atomic mass is 35.5. The SMILES string of the molecule is Cc1cc(C)cc(Nc2cc(Cl)nc(C(C)C)n2)c1. The minimum absolute atomic E-state index is 0.249. The van der Waals surface area contributed by atoms with Crippen LogP contribution in [0.1, 0.15) is 36.7 Å². The molecule has 1 N–H and O–H groups in total. The van der Waals surface area contributed by atoms with Gasteiger partial charge in [0, 0.05) is 17.7 Å². The molecule has 2 aromatic rings. The quantitative estimate of drug-likeness (QED) is 0.831. The molecule has 0 spiro atoms. The molecule has 0 amide bonds. The molecule has 0 aliphatic carbocycles.